The molecule has 0 fully saturated rings. The summed E-state index contributed by atoms with van der Waals surface area (Å²) in [7, 11) is 0. The minimum atomic E-state index is -0.0759. The van der Waals surface area contributed by atoms with Crippen LogP contribution in [0.2, 0.25) is 10.0 Å². The number of halogens is 2. The summed E-state index contributed by atoms with van der Waals surface area (Å²) < 4.78 is 0. The Kier molecular flexibility index (Phi) is 4.83. The van der Waals surface area contributed by atoms with Crippen LogP contribution in [0.15, 0.2) is 48.5 Å². The summed E-state index contributed by atoms with van der Waals surface area (Å²) in [5.74, 6) is -0.0759. The van der Waals surface area contributed by atoms with Gasteiger partial charge >= 0.3 is 0 Å². The minimum absolute atomic E-state index is 0.0759. The third kappa shape index (κ3) is 3.98. The number of carbonyl (C=O) groups excluding carboxylic acids is 1. The van der Waals surface area contributed by atoms with E-state index in [0.717, 1.165) is 5.56 Å². The van der Waals surface area contributed by atoms with E-state index in [9.17, 15) is 4.79 Å². The van der Waals surface area contributed by atoms with Crippen LogP contribution in [0.4, 0.5) is 5.69 Å². The molecule has 1 N–H and O–H groups in total. The molecule has 0 saturated heterocycles. The first-order valence-corrected chi connectivity index (χ1v) is 6.70. The van der Waals surface area contributed by atoms with E-state index in [1.807, 2.05) is 36.4 Å². The maximum absolute atomic E-state index is 11.8. The predicted octanol–water partition coefficient (Wildman–Crippen LogP) is 4.56. The van der Waals surface area contributed by atoms with Crippen molar-refractivity contribution in [2.24, 2.45) is 0 Å². The number of benzene rings is 2. The zero-order valence-electron chi connectivity index (χ0n) is 10.2. The lowest BCUT2D eigenvalue weighted by Gasteiger charge is -2.07. The van der Waals surface area contributed by atoms with Crippen molar-refractivity contribution in [1.29, 1.82) is 0 Å². The van der Waals surface area contributed by atoms with Gasteiger partial charge in [-0.1, -0.05) is 53.5 Å². The summed E-state index contributed by atoms with van der Waals surface area (Å²) in [5, 5.41) is 4.01. The minimum Gasteiger partial charge on any atom is -0.325 e. The topological polar surface area (TPSA) is 29.1 Å². The number of hydrogen-bond acceptors (Lipinski definition) is 1. The zero-order valence-corrected chi connectivity index (χ0v) is 11.7. The highest BCUT2D eigenvalue weighted by atomic mass is 35.5. The second kappa shape index (κ2) is 6.60. The number of para-hydroxylation sites is 1. The average Bonchev–Trinajstić information content (AvgIpc) is 2.40. The predicted molar refractivity (Wildman–Crippen MR) is 79.9 cm³/mol. The average molecular weight is 294 g/mol. The van der Waals surface area contributed by atoms with Gasteiger partial charge in [-0.05, 0) is 30.2 Å². The first-order valence-electron chi connectivity index (χ1n) is 5.94. The smallest absolute Gasteiger partial charge is 0.224 e. The van der Waals surface area contributed by atoms with Gasteiger partial charge in [0.25, 0.3) is 0 Å². The Morgan fingerprint density at radius 3 is 2.26 bits per heavy atom. The third-order valence-corrected chi connectivity index (χ3v) is 3.43. The van der Waals surface area contributed by atoms with E-state index < -0.39 is 0 Å². The Bertz CT molecular complexity index is 584. The van der Waals surface area contributed by atoms with Crippen molar-refractivity contribution in [3.63, 3.8) is 0 Å². The summed E-state index contributed by atoms with van der Waals surface area (Å²) in [6.45, 7) is 0. The lowest BCUT2D eigenvalue weighted by molar-refractivity contribution is -0.116. The van der Waals surface area contributed by atoms with Gasteiger partial charge in [0.05, 0.1) is 10.7 Å². The van der Waals surface area contributed by atoms with Crippen LogP contribution >= 0.6 is 23.2 Å². The maximum Gasteiger partial charge on any atom is 0.224 e. The van der Waals surface area contributed by atoms with Crippen molar-refractivity contribution >= 4 is 34.8 Å². The number of rotatable bonds is 4. The maximum atomic E-state index is 11.8. The van der Waals surface area contributed by atoms with Gasteiger partial charge in [-0.2, -0.15) is 0 Å². The molecule has 0 unspecified atom stereocenters. The van der Waals surface area contributed by atoms with Crippen LogP contribution in [0, 0.1) is 0 Å². The third-order valence-electron chi connectivity index (χ3n) is 2.73. The van der Waals surface area contributed by atoms with Gasteiger partial charge in [0.15, 0.2) is 0 Å². The number of nitrogens with one attached hydrogen (secondary N) is 1. The van der Waals surface area contributed by atoms with E-state index in [0.29, 0.717) is 28.6 Å². The Morgan fingerprint density at radius 1 is 0.947 bits per heavy atom. The summed E-state index contributed by atoms with van der Waals surface area (Å²) in [5.41, 5.74) is 1.60. The molecular weight excluding hydrogens is 281 g/mol. The number of aryl methyl sites for hydroxylation is 1. The lowest BCUT2D eigenvalue weighted by atomic mass is 10.1. The first-order chi connectivity index (χ1) is 9.16. The van der Waals surface area contributed by atoms with Gasteiger partial charge in [-0.15, -0.1) is 0 Å². The Labute approximate surface area is 122 Å². The molecule has 98 valence electrons. The molecule has 4 heteroatoms. The van der Waals surface area contributed by atoms with Crippen LogP contribution in [-0.4, -0.2) is 5.91 Å². The van der Waals surface area contributed by atoms with E-state index in [2.05, 4.69) is 5.32 Å². The Hall–Kier alpha value is -1.51. The van der Waals surface area contributed by atoms with Gasteiger partial charge < -0.3 is 5.32 Å². The highest BCUT2D eigenvalue weighted by Gasteiger charge is 2.07. The van der Waals surface area contributed by atoms with Crippen LogP contribution in [0.5, 0.6) is 0 Å². The molecule has 0 aliphatic carbocycles. The molecule has 0 aromatic heterocycles. The number of amides is 1. The summed E-state index contributed by atoms with van der Waals surface area (Å²) in [6, 6.07) is 14.7. The summed E-state index contributed by atoms with van der Waals surface area (Å²) in [6.07, 6.45) is 0.977. The quantitative estimate of drug-likeness (QED) is 0.879. The van der Waals surface area contributed by atoms with E-state index in [1.54, 1.807) is 12.1 Å². The molecular formula is C15H13Cl2NO. The van der Waals surface area contributed by atoms with Crippen LogP contribution < -0.4 is 5.32 Å². The first kappa shape index (κ1) is 13.9. The molecule has 0 spiro atoms. The van der Waals surface area contributed by atoms with Crippen molar-refractivity contribution in [1.82, 2.24) is 0 Å². The van der Waals surface area contributed by atoms with Gasteiger partial charge in [0.1, 0.15) is 0 Å². The lowest BCUT2D eigenvalue weighted by Crippen LogP contribution is -2.12. The van der Waals surface area contributed by atoms with Crippen molar-refractivity contribution in [3.05, 3.63) is 64.1 Å². The molecule has 2 aromatic carbocycles. The molecule has 0 radical (unpaired) electrons. The molecule has 0 aliphatic rings. The molecule has 2 rings (SSSR count). The number of hydrogen-bond donors (Lipinski definition) is 1. The largest absolute Gasteiger partial charge is 0.325 e. The highest BCUT2D eigenvalue weighted by molar-refractivity contribution is 6.33. The van der Waals surface area contributed by atoms with Crippen molar-refractivity contribution in [2.75, 3.05) is 5.32 Å². The molecule has 19 heavy (non-hydrogen) atoms. The van der Waals surface area contributed by atoms with Crippen LogP contribution in [0.25, 0.3) is 0 Å². The Balaban J connectivity index is 1.92. The fourth-order valence-electron chi connectivity index (χ4n) is 1.72. The monoisotopic (exact) mass is 293 g/mol. The fraction of sp³-hybridized carbons (Fsp3) is 0.133. The van der Waals surface area contributed by atoms with Crippen molar-refractivity contribution < 1.29 is 4.79 Å². The second-order valence-electron chi connectivity index (χ2n) is 4.12. The molecule has 0 heterocycles. The van der Waals surface area contributed by atoms with E-state index in [4.69, 9.17) is 23.2 Å². The summed E-state index contributed by atoms with van der Waals surface area (Å²) in [4.78, 5) is 11.8. The normalized spacial score (nSPS) is 10.2. The molecule has 0 bridgehead atoms. The van der Waals surface area contributed by atoms with Crippen LogP contribution in [-0.2, 0) is 11.2 Å². The van der Waals surface area contributed by atoms with E-state index >= 15 is 0 Å². The Morgan fingerprint density at radius 2 is 1.58 bits per heavy atom. The molecule has 1 amide bonds. The van der Waals surface area contributed by atoms with Crippen molar-refractivity contribution in [3.8, 4) is 0 Å². The SMILES string of the molecule is O=C(CCc1ccccc1Cl)Nc1ccccc1Cl. The van der Waals surface area contributed by atoms with Crippen LogP contribution in [0.3, 0.4) is 0 Å². The van der Waals surface area contributed by atoms with Gasteiger partial charge in [0.2, 0.25) is 5.91 Å². The van der Waals surface area contributed by atoms with Gasteiger partial charge in [-0.25, -0.2) is 0 Å². The number of carbonyl (C=O) groups is 1. The molecule has 0 aliphatic heterocycles. The molecule has 2 nitrogen and oxygen atoms in total. The van der Waals surface area contributed by atoms with Gasteiger partial charge in [-0.3, -0.25) is 4.79 Å². The fourth-order valence-corrected chi connectivity index (χ4v) is 2.14. The van der Waals surface area contributed by atoms with Crippen LogP contribution in [0.1, 0.15) is 12.0 Å². The van der Waals surface area contributed by atoms with E-state index in [1.165, 1.54) is 0 Å². The number of anilines is 1. The highest BCUT2D eigenvalue weighted by Crippen LogP contribution is 2.21. The zero-order chi connectivity index (χ0) is 13.7. The molecule has 0 atom stereocenters. The molecule has 0 saturated carbocycles. The van der Waals surface area contributed by atoms with Gasteiger partial charge in [0, 0.05) is 11.4 Å². The molecule has 2 aromatic rings. The second-order valence-corrected chi connectivity index (χ2v) is 4.93. The standard InChI is InChI=1S/C15H13Cl2NO/c16-12-6-2-1-5-11(12)9-10-15(19)18-14-8-4-3-7-13(14)17/h1-8H,9-10H2,(H,18,19). The summed E-state index contributed by atoms with van der Waals surface area (Å²) >= 11 is 12.0. The van der Waals surface area contributed by atoms with Crippen molar-refractivity contribution in [2.45, 2.75) is 12.8 Å². The van der Waals surface area contributed by atoms with E-state index in [-0.39, 0.29) is 5.91 Å².